The summed E-state index contributed by atoms with van der Waals surface area (Å²) in [6.45, 7) is 0.822. The minimum atomic E-state index is -0.995. The maximum Gasteiger partial charge on any atom is 0.407 e. The van der Waals surface area contributed by atoms with Gasteiger partial charge in [0, 0.05) is 34.7 Å². The zero-order chi connectivity index (χ0) is 20.7. The van der Waals surface area contributed by atoms with Gasteiger partial charge in [-0.1, -0.05) is 39.1 Å². The van der Waals surface area contributed by atoms with Crippen LogP contribution in [0.15, 0.2) is 34.9 Å². The predicted octanol–water partition coefficient (Wildman–Crippen LogP) is 5.13. The fourth-order valence-corrected chi connectivity index (χ4v) is 4.48. The molecule has 0 radical (unpaired) electrons. The molecule has 1 fully saturated rings. The van der Waals surface area contributed by atoms with Crippen molar-refractivity contribution in [3.63, 3.8) is 0 Å². The van der Waals surface area contributed by atoms with E-state index in [1.165, 1.54) is 11.0 Å². The van der Waals surface area contributed by atoms with E-state index in [0.29, 0.717) is 46.1 Å². The number of hydrogen-bond donors (Lipinski definition) is 1. The summed E-state index contributed by atoms with van der Waals surface area (Å²) in [5.41, 5.74) is 1.75. The molecule has 1 unspecified atom stereocenters. The predicted molar refractivity (Wildman–Crippen MR) is 111 cm³/mol. The number of imidazole rings is 1. The van der Waals surface area contributed by atoms with Crippen molar-refractivity contribution in [2.75, 3.05) is 19.7 Å². The van der Waals surface area contributed by atoms with E-state index in [1.54, 1.807) is 28.8 Å². The first-order valence-corrected chi connectivity index (χ1v) is 10.3. The van der Waals surface area contributed by atoms with Gasteiger partial charge in [-0.2, -0.15) is 0 Å². The number of hydrogen-bond acceptors (Lipinski definition) is 3. The maximum atomic E-state index is 14.8. The number of pyridine rings is 1. The van der Waals surface area contributed by atoms with Crippen molar-refractivity contribution in [2.24, 2.45) is 0 Å². The van der Waals surface area contributed by atoms with Crippen molar-refractivity contribution in [3.05, 3.63) is 56.5 Å². The molecule has 1 N–H and O–H groups in total. The SMILES string of the molecule is O=C(O)N1CCOC(Cc2c(-c3c(F)cc(Br)cc3Cl)nc3cc(Cl)ccn23)C1. The van der Waals surface area contributed by atoms with Crippen molar-refractivity contribution >= 4 is 50.9 Å². The first-order valence-electron chi connectivity index (χ1n) is 8.74. The topological polar surface area (TPSA) is 67.1 Å². The standard InChI is InChI=1S/C19H15BrCl2FN3O3/c20-10-5-13(22)17(14(23)6-10)18-15(26-2-1-11(21)7-16(26)24-18)8-12-9-25(19(27)28)3-4-29-12/h1-2,5-7,12H,3-4,8-9H2,(H,27,28). The summed E-state index contributed by atoms with van der Waals surface area (Å²) in [5, 5.41) is 9.99. The highest BCUT2D eigenvalue weighted by molar-refractivity contribution is 9.10. The van der Waals surface area contributed by atoms with Gasteiger partial charge in [0.1, 0.15) is 11.5 Å². The van der Waals surface area contributed by atoms with Gasteiger partial charge in [0.15, 0.2) is 0 Å². The van der Waals surface area contributed by atoms with Crippen LogP contribution in [-0.4, -0.2) is 51.3 Å². The maximum absolute atomic E-state index is 14.8. The molecule has 1 aromatic carbocycles. The van der Waals surface area contributed by atoms with Gasteiger partial charge in [-0.3, -0.25) is 0 Å². The second kappa shape index (κ2) is 8.10. The number of carboxylic acid groups (broad SMARTS) is 1. The fourth-order valence-electron chi connectivity index (χ4n) is 3.47. The van der Waals surface area contributed by atoms with E-state index >= 15 is 0 Å². The molecule has 3 aromatic rings. The average Bonchev–Trinajstić information content (AvgIpc) is 2.98. The summed E-state index contributed by atoms with van der Waals surface area (Å²) in [6.07, 6.45) is 0.677. The van der Waals surface area contributed by atoms with Crippen LogP contribution >= 0.6 is 39.1 Å². The normalized spacial score (nSPS) is 17.1. The lowest BCUT2D eigenvalue weighted by Gasteiger charge is -2.31. The molecule has 0 aliphatic carbocycles. The molecule has 0 saturated carbocycles. The molecule has 29 heavy (non-hydrogen) atoms. The van der Waals surface area contributed by atoms with Gasteiger partial charge >= 0.3 is 6.09 Å². The van der Waals surface area contributed by atoms with Gasteiger partial charge in [0.25, 0.3) is 0 Å². The second-order valence-electron chi connectivity index (χ2n) is 6.65. The quantitative estimate of drug-likeness (QED) is 0.539. The Hall–Kier alpha value is -1.87. The fraction of sp³-hybridized carbons (Fsp3) is 0.263. The van der Waals surface area contributed by atoms with Gasteiger partial charge in [-0.25, -0.2) is 14.2 Å². The number of carbonyl (C=O) groups is 1. The third-order valence-electron chi connectivity index (χ3n) is 4.76. The molecular weight excluding hydrogens is 488 g/mol. The molecule has 6 nitrogen and oxygen atoms in total. The Morgan fingerprint density at radius 1 is 1.38 bits per heavy atom. The van der Waals surface area contributed by atoms with Crippen LogP contribution in [0.3, 0.4) is 0 Å². The minimum absolute atomic E-state index is 0.176. The van der Waals surface area contributed by atoms with Crippen LogP contribution in [-0.2, 0) is 11.2 Å². The van der Waals surface area contributed by atoms with Crippen LogP contribution in [0.5, 0.6) is 0 Å². The summed E-state index contributed by atoms with van der Waals surface area (Å²) in [4.78, 5) is 17.2. The highest BCUT2D eigenvalue weighted by atomic mass is 79.9. The van der Waals surface area contributed by atoms with E-state index in [2.05, 4.69) is 20.9 Å². The van der Waals surface area contributed by atoms with Crippen molar-refractivity contribution in [2.45, 2.75) is 12.5 Å². The van der Waals surface area contributed by atoms with Gasteiger partial charge in [0.2, 0.25) is 0 Å². The molecule has 1 amide bonds. The summed E-state index contributed by atoms with van der Waals surface area (Å²) in [7, 11) is 0. The number of rotatable bonds is 3. The van der Waals surface area contributed by atoms with E-state index in [1.807, 2.05) is 0 Å². The molecule has 1 atom stereocenters. The van der Waals surface area contributed by atoms with Gasteiger partial charge in [-0.05, 0) is 18.2 Å². The Morgan fingerprint density at radius 3 is 2.90 bits per heavy atom. The van der Waals surface area contributed by atoms with Crippen LogP contribution in [0.1, 0.15) is 5.69 Å². The van der Waals surface area contributed by atoms with Crippen molar-refractivity contribution < 1.29 is 19.0 Å². The minimum Gasteiger partial charge on any atom is -0.465 e. The molecular formula is C19H15BrCl2FN3O3. The lowest BCUT2D eigenvalue weighted by atomic mass is 10.0. The van der Waals surface area contributed by atoms with Crippen LogP contribution in [0, 0.1) is 5.82 Å². The van der Waals surface area contributed by atoms with E-state index in [-0.39, 0.29) is 17.1 Å². The number of benzene rings is 1. The lowest BCUT2D eigenvalue weighted by Crippen LogP contribution is -2.45. The van der Waals surface area contributed by atoms with Crippen LogP contribution < -0.4 is 0 Å². The molecule has 3 heterocycles. The molecule has 2 aromatic heterocycles. The third kappa shape index (κ3) is 4.07. The smallest absolute Gasteiger partial charge is 0.407 e. The molecule has 0 bridgehead atoms. The Kier molecular flexibility index (Phi) is 5.70. The van der Waals surface area contributed by atoms with Crippen molar-refractivity contribution in [1.82, 2.24) is 14.3 Å². The summed E-state index contributed by atoms with van der Waals surface area (Å²) in [5.74, 6) is -0.517. The lowest BCUT2D eigenvalue weighted by molar-refractivity contribution is -0.0214. The van der Waals surface area contributed by atoms with Gasteiger partial charge < -0.3 is 19.1 Å². The summed E-state index contributed by atoms with van der Waals surface area (Å²) >= 11 is 15.7. The van der Waals surface area contributed by atoms with Gasteiger partial charge in [-0.15, -0.1) is 0 Å². The molecule has 1 aliphatic heterocycles. The Labute approximate surface area is 183 Å². The summed E-state index contributed by atoms with van der Waals surface area (Å²) in [6, 6.07) is 6.30. The Morgan fingerprint density at radius 2 is 2.17 bits per heavy atom. The molecule has 10 heteroatoms. The van der Waals surface area contributed by atoms with Crippen LogP contribution in [0.4, 0.5) is 9.18 Å². The van der Waals surface area contributed by atoms with Crippen molar-refractivity contribution in [1.29, 1.82) is 0 Å². The first-order chi connectivity index (χ1) is 13.8. The third-order valence-corrected chi connectivity index (χ3v) is 5.75. The number of fused-ring (bicyclic) bond motifs is 1. The second-order valence-corrected chi connectivity index (χ2v) is 8.41. The largest absolute Gasteiger partial charge is 0.465 e. The van der Waals surface area contributed by atoms with Crippen LogP contribution in [0.25, 0.3) is 16.9 Å². The summed E-state index contributed by atoms with van der Waals surface area (Å²) < 4.78 is 22.9. The van der Waals surface area contributed by atoms with E-state index < -0.39 is 18.0 Å². The van der Waals surface area contributed by atoms with Crippen LogP contribution in [0.2, 0.25) is 10.0 Å². The molecule has 1 aliphatic rings. The zero-order valence-electron chi connectivity index (χ0n) is 14.9. The molecule has 1 saturated heterocycles. The zero-order valence-corrected chi connectivity index (χ0v) is 18.0. The highest BCUT2D eigenvalue weighted by Crippen LogP contribution is 2.36. The molecule has 4 rings (SSSR count). The number of aromatic nitrogens is 2. The number of nitrogens with zero attached hydrogens (tertiary/aromatic N) is 3. The van der Waals surface area contributed by atoms with E-state index in [0.717, 1.165) is 0 Å². The first kappa shape index (κ1) is 20.4. The van der Waals surface area contributed by atoms with Crippen molar-refractivity contribution in [3.8, 4) is 11.3 Å². The number of morpholine rings is 1. The Bertz CT molecular complexity index is 1080. The average molecular weight is 503 g/mol. The molecule has 0 spiro atoms. The number of halogens is 4. The van der Waals surface area contributed by atoms with E-state index in [9.17, 15) is 14.3 Å². The Balaban J connectivity index is 1.82. The molecule has 152 valence electrons. The number of amides is 1. The van der Waals surface area contributed by atoms with Gasteiger partial charge in [0.05, 0.1) is 41.2 Å². The monoisotopic (exact) mass is 501 g/mol. The number of ether oxygens (including phenoxy) is 1. The van der Waals surface area contributed by atoms with E-state index in [4.69, 9.17) is 27.9 Å². The highest BCUT2D eigenvalue weighted by Gasteiger charge is 2.28.